The summed E-state index contributed by atoms with van der Waals surface area (Å²) in [4.78, 5) is 23.9. The molecule has 3 heteroatoms. The Bertz CT molecular complexity index is 714. The number of ketones is 2. The Kier molecular flexibility index (Phi) is 3.86. The molecule has 0 spiro atoms. The summed E-state index contributed by atoms with van der Waals surface area (Å²) in [6.07, 6.45) is 0. The standard InChI is InChI=1S/C18H21NO2/c1-10-7-8-16(11(2)9-10)19-12(3)17(14(5)20)18(13(19)4)15(6)21/h7-9H,1-6H3. The van der Waals surface area contributed by atoms with Gasteiger partial charge in [0.25, 0.3) is 0 Å². The van der Waals surface area contributed by atoms with Gasteiger partial charge in [-0.15, -0.1) is 0 Å². The van der Waals surface area contributed by atoms with Crippen LogP contribution in [-0.2, 0) is 0 Å². The Morgan fingerprint density at radius 1 is 0.857 bits per heavy atom. The van der Waals surface area contributed by atoms with Crippen LogP contribution in [0.4, 0.5) is 0 Å². The lowest BCUT2D eigenvalue weighted by Gasteiger charge is -2.13. The number of nitrogens with zero attached hydrogens (tertiary/aromatic N) is 1. The van der Waals surface area contributed by atoms with Gasteiger partial charge in [0.05, 0.1) is 0 Å². The van der Waals surface area contributed by atoms with Crippen LogP contribution in [0.25, 0.3) is 5.69 Å². The second-order valence-electron chi connectivity index (χ2n) is 5.66. The van der Waals surface area contributed by atoms with Crippen LogP contribution in [0.15, 0.2) is 18.2 Å². The third kappa shape index (κ3) is 2.44. The molecule has 2 aromatic rings. The van der Waals surface area contributed by atoms with Crippen LogP contribution in [0.5, 0.6) is 0 Å². The first-order valence-corrected chi connectivity index (χ1v) is 7.07. The maximum Gasteiger partial charge on any atom is 0.162 e. The summed E-state index contributed by atoms with van der Waals surface area (Å²) in [6.45, 7) is 10.9. The van der Waals surface area contributed by atoms with Crippen LogP contribution in [0.3, 0.4) is 0 Å². The van der Waals surface area contributed by atoms with Crippen LogP contribution in [-0.4, -0.2) is 16.1 Å². The second-order valence-corrected chi connectivity index (χ2v) is 5.66. The largest absolute Gasteiger partial charge is 0.317 e. The molecule has 0 amide bonds. The van der Waals surface area contributed by atoms with E-state index in [-0.39, 0.29) is 11.6 Å². The first kappa shape index (κ1) is 15.2. The average molecular weight is 283 g/mol. The van der Waals surface area contributed by atoms with Gasteiger partial charge in [-0.3, -0.25) is 9.59 Å². The lowest BCUT2D eigenvalue weighted by molar-refractivity contribution is 0.0981. The molecular weight excluding hydrogens is 262 g/mol. The van der Waals surface area contributed by atoms with Gasteiger partial charge in [-0.05, 0) is 53.2 Å². The summed E-state index contributed by atoms with van der Waals surface area (Å²) in [5.74, 6) is -0.131. The highest BCUT2D eigenvalue weighted by atomic mass is 16.1. The van der Waals surface area contributed by atoms with Gasteiger partial charge in [0, 0.05) is 28.2 Å². The SMILES string of the molecule is CC(=O)c1c(C(C)=O)c(C)n(-c2ccc(C)cc2C)c1C. The Hall–Kier alpha value is -2.16. The van der Waals surface area contributed by atoms with E-state index in [0.717, 1.165) is 22.6 Å². The number of rotatable bonds is 3. The molecule has 0 unspecified atom stereocenters. The summed E-state index contributed by atoms with van der Waals surface area (Å²) in [7, 11) is 0. The minimum atomic E-state index is -0.0654. The van der Waals surface area contributed by atoms with Crippen molar-refractivity contribution >= 4 is 11.6 Å². The molecule has 1 heterocycles. The van der Waals surface area contributed by atoms with Crippen LogP contribution < -0.4 is 0 Å². The van der Waals surface area contributed by atoms with Crippen molar-refractivity contribution < 1.29 is 9.59 Å². The number of aryl methyl sites for hydroxylation is 2. The number of carbonyl (C=O) groups excluding carboxylic acids is 2. The normalized spacial score (nSPS) is 10.8. The van der Waals surface area contributed by atoms with E-state index in [4.69, 9.17) is 0 Å². The fourth-order valence-corrected chi connectivity index (χ4v) is 3.12. The van der Waals surface area contributed by atoms with E-state index in [0.29, 0.717) is 11.1 Å². The number of Topliss-reactive ketones (excluding diaryl/α,β-unsaturated/α-hetero) is 2. The number of hydrogen-bond acceptors (Lipinski definition) is 2. The van der Waals surface area contributed by atoms with Crippen LogP contribution in [0, 0.1) is 27.7 Å². The number of aromatic nitrogens is 1. The van der Waals surface area contributed by atoms with Crippen molar-refractivity contribution in [3.63, 3.8) is 0 Å². The predicted octanol–water partition coefficient (Wildman–Crippen LogP) is 4.12. The Morgan fingerprint density at radius 2 is 1.33 bits per heavy atom. The maximum absolute atomic E-state index is 12.0. The Morgan fingerprint density at radius 3 is 1.71 bits per heavy atom. The smallest absolute Gasteiger partial charge is 0.162 e. The molecule has 0 saturated heterocycles. The molecule has 2 rings (SSSR count). The van der Waals surface area contributed by atoms with Gasteiger partial charge in [-0.1, -0.05) is 17.7 Å². The van der Waals surface area contributed by atoms with Crippen molar-refractivity contribution in [2.24, 2.45) is 0 Å². The van der Waals surface area contributed by atoms with Crippen molar-refractivity contribution in [3.8, 4) is 5.69 Å². The Balaban J connectivity index is 2.85. The number of hydrogen-bond donors (Lipinski definition) is 0. The molecule has 0 aliphatic rings. The van der Waals surface area contributed by atoms with Crippen molar-refractivity contribution in [1.29, 1.82) is 0 Å². The first-order chi connectivity index (χ1) is 9.75. The van der Waals surface area contributed by atoms with E-state index in [1.165, 1.54) is 19.4 Å². The van der Waals surface area contributed by atoms with Crippen molar-refractivity contribution in [2.45, 2.75) is 41.5 Å². The van der Waals surface area contributed by atoms with Gasteiger partial charge in [-0.2, -0.15) is 0 Å². The zero-order valence-electron chi connectivity index (χ0n) is 13.5. The second kappa shape index (κ2) is 5.32. The monoisotopic (exact) mass is 283 g/mol. The third-order valence-electron chi connectivity index (χ3n) is 3.94. The lowest BCUT2D eigenvalue weighted by atomic mass is 10.0. The Labute approximate surface area is 125 Å². The number of benzene rings is 1. The number of carbonyl (C=O) groups is 2. The zero-order valence-corrected chi connectivity index (χ0v) is 13.5. The summed E-state index contributed by atoms with van der Waals surface area (Å²) < 4.78 is 2.02. The van der Waals surface area contributed by atoms with Gasteiger partial charge in [-0.25, -0.2) is 0 Å². The minimum Gasteiger partial charge on any atom is -0.317 e. The molecule has 1 aromatic heterocycles. The molecule has 0 aliphatic heterocycles. The van der Waals surface area contributed by atoms with Gasteiger partial charge in [0.15, 0.2) is 11.6 Å². The molecule has 1 aromatic carbocycles. The molecule has 0 fully saturated rings. The fourth-order valence-electron chi connectivity index (χ4n) is 3.12. The summed E-state index contributed by atoms with van der Waals surface area (Å²) in [6, 6.07) is 6.19. The van der Waals surface area contributed by atoms with E-state index in [9.17, 15) is 9.59 Å². The molecule has 3 nitrogen and oxygen atoms in total. The lowest BCUT2D eigenvalue weighted by Crippen LogP contribution is -2.03. The maximum atomic E-state index is 12.0. The van der Waals surface area contributed by atoms with Crippen molar-refractivity contribution in [3.05, 3.63) is 51.8 Å². The highest BCUT2D eigenvalue weighted by Crippen LogP contribution is 2.29. The van der Waals surface area contributed by atoms with Crippen molar-refractivity contribution in [2.75, 3.05) is 0 Å². The average Bonchev–Trinajstić information content (AvgIpc) is 2.62. The summed E-state index contributed by atoms with van der Waals surface area (Å²) >= 11 is 0. The highest BCUT2D eigenvalue weighted by molar-refractivity contribution is 6.09. The molecule has 110 valence electrons. The van der Waals surface area contributed by atoms with Gasteiger partial charge >= 0.3 is 0 Å². The van der Waals surface area contributed by atoms with E-state index < -0.39 is 0 Å². The van der Waals surface area contributed by atoms with Gasteiger partial charge in [0.2, 0.25) is 0 Å². The predicted molar refractivity (Wildman–Crippen MR) is 84.7 cm³/mol. The molecule has 0 aliphatic carbocycles. The van der Waals surface area contributed by atoms with E-state index in [1.54, 1.807) is 0 Å². The highest BCUT2D eigenvalue weighted by Gasteiger charge is 2.24. The quantitative estimate of drug-likeness (QED) is 0.795. The molecule has 0 N–H and O–H groups in total. The van der Waals surface area contributed by atoms with E-state index >= 15 is 0 Å². The summed E-state index contributed by atoms with van der Waals surface area (Å²) in [5, 5.41) is 0. The molecule has 0 atom stereocenters. The van der Waals surface area contributed by atoms with Gasteiger partial charge < -0.3 is 4.57 Å². The van der Waals surface area contributed by atoms with Crippen LogP contribution >= 0.6 is 0 Å². The van der Waals surface area contributed by atoms with E-state index in [1.807, 2.05) is 44.4 Å². The molecule has 0 bridgehead atoms. The molecular formula is C18H21NO2. The first-order valence-electron chi connectivity index (χ1n) is 7.07. The van der Waals surface area contributed by atoms with Crippen molar-refractivity contribution in [1.82, 2.24) is 4.57 Å². The van der Waals surface area contributed by atoms with E-state index in [2.05, 4.69) is 6.07 Å². The zero-order chi connectivity index (χ0) is 15.9. The van der Waals surface area contributed by atoms with Crippen LogP contribution in [0.1, 0.15) is 57.1 Å². The summed E-state index contributed by atoms with van der Waals surface area (Å²) in [5.41, 5.74) is 6.08. The topological polar surface area (TPSA) is 39.1 Å². The third-order valence-corrected chi connectivity index (χ3v) is 3.94. The fraction of sp³-hybridized carbons (Fsp3) is 0.333. The van der Waals surface area contributed by atoms with Crippen LogP contribution in [0.2, 0.25) is 0 Å². The minimum absolute atomic E-state index is 0.0654. The molecule has 0 radical (unpaired) electrons. The molecule has 21 heavy (non-hydrogen) atoms. The molecule has 0 saturated carbocycles. The van der Waals surface area contributed by atoms with Gasteiger partial charge in [0.1, 0.15) is 0 Å².